The number of benzene rings is 1. The third kappa shape index (κ3) is 4.80. The first-order valence-corrected chi connectivity index (χ1v) is 13.7. The van der Waals surface area contributed by atoms with Crippen LogP contribution in [0.4, 0.5) is 0 Å². The number of ether oxygens (including phenoxy) is 2. The molecule has 3 aliphatic heterocycles. The standard InChI is InChI=1S/C30H40N2O6/c1-4-7-8-12-20-37-28(36)24-23-26(34)32(18-19-33)25(30(23)16-15-29(24,6-3)38-30)27(35)31(17-5-2)21-22-13-10-9-11-14-22/h4-5,9-11,13-14,23-25,33H,1-2,6-8,12,15-21H2,3H3/t23-,24-,25?,29+,30?/m0/s1. The molecule has 1 N–H and O–H groups in total. The summed E-state index contributed by atoms with van der Waals surface area (Å²) >= 11 is 0. The fourth-order valence-electron chi connectivity index (χ4n) is 6.72. The Balaban J connectivity index is 1.66. The Kier molecular flexibility index (Phi) is 8.73. The molecule has 3 heterocycles. The van der Waals surface area contributed by atoms with Gasteiger partial charge in [-0.15, -0.1) is 13.2 Å². The molecule has 2 amide bonds. The number of β-amino-alcohol motifs (C(OH)–C–C–N with tert-alkyl or cyclic N) is 1. The summed E-state index contributed by atoms with van der Waals surface area (Å²) in [5.41, 5.74) is -1.03. The van der Waals surface area contributed by atoms with Crippen molar-refractivity contribution < 1.29 is 29.0 Å². The van der Waals surface area contributed by atoms with Crippen molar-refractivity contribution >= 4 is 17.8 Å². The molecule has 0 aromatic heterocycles. The second-order valence-electron chi connectivity index (χ2n) is 10.5. The second kappa shape index (κ2) is 11.8. The first kappa shape index (κ1) is 28.0. The monoisotopic (exact) mass is 524 g/mol. The van der Waals surface area contributed by atoms with E-state index < -0.39 is 35.0 Å². The molecule has 8 nitrogen and oxygen atoms in total. The van der Waals surface area contributed by atoms with Gasteiger partial charge in [-0.3, -0.25) is 14.4 Å². The third-order valence-electron chi connectivity index (χ3n) is 8.43. The zero-order valence-corrected chi connectivity index (χ0v) is 22.3. The predicted molar refractivity (Wildman–Crippen MR) is 143 cm³/mol. The molecule has 3 fully saturated rings. The molecule has 2 unspecified atom stereocenters. The van der Waals surface area contributed by atoms with Gasteiger partial charge in [-0.25, -0.2) is 0 Å². The number of hydrogen-bond donors (Lipinski definition) is 1. The predicted octanol–water partition coefficient (Wildman–Crippen LogP) is 3.25. The maximum atomic E-state index is 14.2. The summed E-state index contributed by atoms with van der Waals surface area (Å²) < 4.78 is 12.4. The summed E-state index contributed by atoms with van der Waals surface area (Å²) in [5, 5.41) is 9.84. The average molecular weight is 525 g/mol. The van der Waals surface area contributed by atoms with E-state index in [0.717, 1.165) is 18.4 Å². The van der Waals surface area contributed by atoms with Gasteiger partial charge >= 0.3 is 5.97 Å². The van der Waals surface area contributed by atoms with Crippen LogP contribution in [-0.2, 0) is 30.4 Å². The molecule has 2 bridgehead atoms. The van der Waals surface area contributed by atoms with Crippen LogP contribution >= 0.6 is 0 Å². The van der Waals surface area contributed by atoms with Gasteiger partial charge in [0.15, 0.2) is 0 Å². The molecule has 8 heteroatoms. The molecule has 1 aromatic rings. The molecule has 0 aliphatic carbocycles. The minimum atomic E-state index is -1.14. The van der Waals surface area contributed by atoms with Crippen LogP contribution in [-0.4, -0.2) is 76.2 Å². The lowest BCUT2D eigenvalue weighted by molar-refractivity contribution is -0.162. The van der Waals surface area contributed by atoms with E-state index in [2.05, 4.69) is 13.2 Å². The number of aliphatic hydroxyl groups is 1. The molecule has 206 valence electrons. The van der Waals surface area contributed by atoms with Crippen LogP contribution in [0.15, 0.2) is 55.6 Å². The highest BCUT2D eigenvalue weighted by atomic mass is 16.6. The van der Waals surface area contributed by atoms with E-state index >= 15 is 0 Å². The van der Waals surface area contributed by atoms with Gasteiger partial charge in [0.2, 0.25) is 11.8 Å². The van der Waals surface area contributed by atoms with Gasteiger partial charge in [0.1, 0.15) is 17.6 Å². The first-order chi connectivity index (χ1) is 18.4. The fourth-order valence-corrected chi connectivity index (χ4v) is 6.72. The molecule has 1 spiro atoms. The van der Waals surface area contributed by atoms with Crippen LogP contribution < -0.4 is 0 Å². The molecule has 0 saturated carbocycles. The van der Waals surface area contributed by atoms with Crippen LogP contribution in [0.1, 0.15) is 51.0 Å². The van der Waals surface area contributed by atoms with Crippen molar-refractivity contribution in [3.8, 4) is 0 Å². The van der Waals surface area contributed by atoms with E-state index in [1.807, 2.05) is 43.3 Å². The lowest BCUT2D eigenvalue weighted by atomic mass is 9.65. The van der Waals surface area contributed by atoms with Crippen molar-refractivity contribution in [3.05, 3.63) is 61.2 Å². The van der Waals surface area contributed by atoms with Gasteiger partial charge in [-0.2, -0.15) is 0 Å². The SMILES string of the molecule is C=CCCCCOC(=O)[C@@H]1[C@H]2C(=O)N(CCO)C(C(=O)N(CC=C)Cc3ccccc3)C23CC[C@@]1(CC)O3. The number of allylic oxidation sites excluding steroid dienone is 1. The lowest BCUT2D eigenvalue weighted by Crippen LogP contribution is -2.56. The van der Waals surface area contributed by atoms with Crippen molar-refractivity contribution in [1.82, 2.24) is 9.80 Å². The number of unbranched alkanes of at least 4 members (excludes halogenated alkanes) is 2. The van der Waals surface area contributed by atoms with Crippen molar-refractivity contribution in [1.29, 1.82) is 0 Å². The zero-order valence-electron chi connectivity index (χ0n) is 22.3. The van der Waals surface area contributed by atoms with E-state index in [1.165, 1.54) is 4.90 Å². The summed E-state index contributed by atoms with van der Waals surface area (Å²) in [6, 6.07) is 8.70. The van der Waals surface area contributed by atoms with Crippen LogP contribution in [0.25, 0.3) is 0 Å². The topological polar surface area (TPSA) is 96.4 Å². The molecule has 38 heavy (non-hydrogen) atoms. The lowest BCUT2D eigenvalue weighted by Gasteiger charge is -2.36. The third-order valence-corrected chi connectivity index (χ3v) is 8.43. The Morgan fingerprint density at radius 2 is 1.97 bits per heavy atom. The number of carbonyl (C=O) groups is 3. The van der Waals surface area contributed by atoms with Crippen LogP contribution in [0.2, 0.25) is 0 Å². The fraction of sp³-hybridized carbons (Fsp3) is 0.567. The Labute approximate surface area is 225 Å². The number of rotatable bonds is 14. The highest BCUT2D eigenvalue weighted by molar-refractivity contribution is 5.98. The zero-order chi connectivity index (χ0) is 27.3. The number of nitrogens with zero attached hydrogens (tertiary/aromatic N) is 2. The summed E-state index contributed by atoms with van der Waals surface area (Å²) in [6.07, 6.45) is 7.52. The molecular weight excluding hydrogens is 484 g/mol. The Hall–Kier alpha value is -2.97. The van der Waals surface area contributed by atoms with E-state index in [0.29, 0.717) is 38.8 Å². The van der Waals surface area contributed by atoms with Gasteiger partial charge < -0.3 is 24.4 Å². The molecule has 1 aromatic carbocycles. The summed E-state index contributed by atoms with van der Waals surface area (Å²) in [5.74, 6) is -2.62. The maximum Gasteiger partial charge on any atom is 0.312 e. The quantitative estimate of drug-likeness (QED) is 0.228. The molecule has 4 rings (SSSR count). The van der Waals surface area contributed by atoms with Gasteiger partial charge in [0, 0.05) is 19.6 Å². The highest BCUT2D eigenvalue weighted by Crippen LogP contribution is 2.64. The number of aliphatic hydroxyl groups excluding tert-OH is 1. The molecular formula is C30H40N2O6. The smallest absolute Gasteiger partial charge is 0.312 e. The maximum absolute atomic E-state index is 14.2. The Bertz CT molecular complexity index is 1040. The largest absolute Gasteiger partial charge is 0.465 e. The Morgan fingerprint density at radius 1 is 1.21 bits per heavy atom. The van der Waals surface area contributed by atoms with Crippen LogP contribution in [0.5, 0.6) is 0 Å². The molecule has 3 saturated heterocycles. The van der Waals surface area contributed by atoms with Crippen LogP contribution in [0, 0.1) is 11.8 Å². The number of likely N-dealkylation sites (tertiary alicyclic amines) is 1. The van der Waals surface area contributed by atoms with Gasteiger partial charge in [0.25, 0.3) is 0 Å². The normalized spacial score (nSPS) is 29.3. The highest BCUT2D eigenvalue weighted by Gasteiger charge is 2.79. The summed E-state index contributed by atoms with van der Waals surface area (Å²) in [4.78, 5) is 44.8. The van der Waals surface area contributed by atoms with Gasteiger partial charge in [0.05, 0.1) is 24.7 Å². The van der Waals surface area contributed by atoms with Crippen LogP contribution in [0.3, 0.4) is 0 Å². The van der Waals surface area contributed by atoms with E-state index in [9.17, 15) is 19.5 Å². The Morgan fingerprint density at radius 3 is 2.63 bits per heavy atom. The van der Waals surface area contributed by atoms with Crippen molar-refractivity contribution in [2.24, 2.45) is 11.8 Å². The average Bonchev–Trinajstić information content (AvgIpc) is 3.52. The molecule has 3 aliphatic rings. The second-order valence-corrected chi connectivity index (χ2v) is 10.5. The van der Waals surface area contributed by atoms with Gasteiger partial charge in [-0.05, 0) is 44.1 Å². The number of fused-ring (bicyclic) bond motifs is 1. The summed E-state index contributed by atoms with van der Waals surface area (Å²) in [7, 11) is 0. The minimum absolute atomic E-state index is 0.00738. The van der Waals surface area contributed by atoms with Crippen molar-refractivity contribution in [2.45, 2.75) is 69.2 Å². The number of hydrogen-bond acceptors (Lipinski definition) is 6. The molecule has 0 radical (unpaired) electrons. The molecule has 5 atom stereocenters. The first-order valence-electron chi connectivity index (χ1n) is 13.7. The van der Waals surface area contributed by atoms with Crippen molar-refractivity contribution in [2.75, 3.05) is 26.3 Å². The van der Waals surface area contributed by atoms with E-state index in [-0.39, 0.29) is 31.6 Å². The van der Waals surface area contributed by atoms with E-state index in [4.69, 9.17) is 9.47 Å². The van der Waals surface area contributed by atoms with Gasteiger partial charge in [-0.1, -0.05) is 49.4 Å². The number of amides is 2. The van der Waals surface area contributed by atoms with E-state index in [1.54, 1.807) is 11.0 Å². The van der Waals surface area contributed by atoms with Crippen molar-refractivity contribution in [3.63, 3.8) is 0 Å². The number of esters is 1. The minimum Gasteiger partial charge on any atom is -0.465 e. The number of carbonyl (C=O) groups excluding carboxylic acids is 3. The summed E-state index contributed by atoms with van der Waals surface area (Å²) in [6.45, 7) is 10.1.